The molecule has 2 amide bonds. The van der Waals surface area contributed by atoms with Crippen LogP contribution in [0.25, 0.3) is 0 Å². The normalized spacial score (nSPS) is 19.5. The summed E-state index contributed by atoms with van der Waals surface area (Å²) in [5.41, 5.74) is 0. The Kier molecular flexibility index (Phi) is 5.08. The SMILES string of the molecule is CC(=O)N(CCC(=O)N(C)C1CCS(=O)(=O)C1)c1cc(C)on1. The van der Waals surface area contributed by atoms with Crippen molar-refractivity contribution in [3.8, 4) is 0 Å². The summed E-state index contributed by atoms with van der Waals surface area (Å²) in [6.45, 7) is 3.28. The topological polar surface area (TPSA) is 101 Å². The predicted octanol–water partition coefficient (Wildman–Crippen LogP) is 0.372. The van der Waals surface area contributed by atoms with Gasteiger partial charge in [-0.1, -0.05) is 5.16 Å². The highest BCUT2D eigenvalue weighted by Crippen LogP contribution is 2.18. The van der Waals surface area contributed by atoms with Crippen molar-refractivity contribution in [2.24, 2.45) is 0 Å². The molecule has 0 aliphatic carbocycles. The van der Waals surface area contributed by atoms with Gasteiger partial charge in [0.1, 0.15) is 5.76 Å². The maximum absolute atomic E-state index is 12.3. The number of hydrogen-bond acceptors (Lipinski definition) is 6. The van der Waals surface area contributed by atoms with Crippen LogP contribution in [0, 0.1) is 6.92 Å². The van der Waals surface area contributed by atoms with E-state index in [0.29, 0.717) is 18.0 Å². The zero-order valence-corrected chi connectivity index (χ0v) is 14.3. The van der Waals surface area contributed by atoms with Crippen LogP contribution in [0.5, 0.6) is 0 Å². The minimum absolute atomic E-state index is 0.00808. The van der Waals surface area contributed by atoms with Crippen LogP contribution in [0.4, 0.5) is 5.82 Å². The van der Waals surface area contributed by atoms with Crippen molar-refractivity contribution in [1.29, 1.82) is 0 Å². The zero-order valence-electron chi connectivity index (χ0n) is 13.5. The van der Waals surface area contributed by atoms with Crippen molar-refractivity contribution in [3.05, 3.63) is 11.8 Å². The summed E-state index contributed by atoms with van der Waals surface area (Å²) in [6.07, 6.45) is 0.558. The molecule has 1 aliphatic heterocycles. The minimum atomic E-state index is -3.04. The molecule has 0 aromatic carbocycles. The van der Waals surface area contributed by atoms with Crippen LogP contribution in [0.15, 0.2) is 10.6 Å². The highest BCUT2D eigenvalue weighted by Gasteiger charge is 2.32. The molecule has 1 aliphatic rings. The molecule has 0 bridgehead atoms. The quantitative estimate of drug-likeness (QED) is 0.766. The Labute approximate surface area is 135 Å². The first-order valence-corrected chi connectivity index (χ1v) is 9.19. The van der Waals surface area contributed by atoms with Crippen LogP contribution in [0.3, 0.4) is 0 Å². The molecule has 0 saturated carbocycles. The molecule has 0 radical (unpaired) electrons. The van der Waals surface area contributed by atoms with Crippen molar-refractivity contribution < 1.29 is 22.5 Å². The number of hydrogen-bond donors (Lipinski definition) is 0. The summed E-state index contributed by atoms with van der Waals surface area (Å²) >= 11 is 0. The van der Waals surface area contributed by atoms with Gasteiger partial charge in [-0.3, -0.25) is 14.5 Å². The molecule has 1 aromatic heterocycles. The lowest BCUT2D eigenvalue weighted by Crippen LogP contribution is -2.40. The van der Waals surface area contributed by atoms with Gasteiger partial charge in [0.25, 0.3) is 0 Å². The number of amides is 2. The second-order valence-corrected chi connectivity index (χ2v) is 8.01. The third kappa shape index (κ3) is 4.31. The molecule has 1 unspecified atom stereocenters. The molecule has 8 nitrogen and oxygen atoms in total. The van der Waals surface area contributed by atoms with E-state index in [2.05, 4.69) is 5.16 Å². The summed E-state index contributed by atoms with van der Waals surface area (Å²) < 4.78 is 28.0. The Morgan fingerprint density at radius 3 is 2.61 bits per heavy atom. The summed E-state index contributed by atoms with van der Waals surface area (Å²) in [7, 11) is -1.44. The van der Waals surface area contributed by atoms with E-state index in [0.717, 1.165) is 0 Å². The monoisotopic (exact) mass is 343 g/mol. The smallest absolute Gasteiger partial charge is 0.225 e. The van der Waals surface area contributed by atoms with Gasteiger partial charge in [-0.25, -0.2) is 8.42 Å². The van der Waals surface area contributed by atoms with Crippen molar-refractivity contribution >= 4 is 27.5 Å². The van der Waals surface area contributed by atoms with E-state index in [1.807, 2.05) is 0 Å². The molecule has 1 aromatic rings. The molecule has 0 spiro atoms. The van der Waals surface area contributed by atoms with Gasteiger partial charge in [0.2, 0.25) is 11.8 Å². The number of anilines is 1. The highest BCUT2D eigenvalue weighted by atomic mass is 32.2. The Morgan fingerprint density at radius 2 is 2.13 bits per heavy atom. The molecular formula is C14H21N3O5S. The Hall–Kier alpha value is -1.90. The van der Waals surface area contributed by atoms with Crippen molar-refractivity contribution in [3.63, 3.8) is 0 Å². The zero-order chi connectivity index (χ0) is 17.2. The first-order valence-electron chi connectivity index (χ1n) is 7.37. The highest BCUT2D eigenvalue weighted by molar-refractivity contribution is 7.91. The van der Waals surface area contributed by atoms with Gasteiger partial charge >= 0.3 is 0 Å². The van der Waals surface area contributed by atoms with E-state index >= 15 is 0 Å². The van der Waals surface area contributed by atoms with E-state index in [1.165, 1.54) is 16.7 Å². The van der Waals surface area contributed by atoms with Gasteiger partial charge in [0, 0.05) is 39.0 Å². The van der Waals surface area contributed by atoms with E-state index in [-0.39, 0.29) is 42.3 Å². The average Bonchev–Trinajstić information content (AvgIpc) is 3.03. The number of aromatic nitrogens is 1. The Bertz CT molecular complexity index is 697. The molecule has 9 heteroatoms. The van der Waals surface area contributed by atoms with E-state index < -0.39 is 9.84 Å². The fourth-order valence-electron chi connectivity index (χ4n) is 2.58. The van der Waals surface area contributed by atoms with E-state index in [9.17, 15) is 18.0 Å². The number of aryl methyl sites for hydroxylation is 1. The predicted molar refractivity (Wildman–Crippen MR) is 83.7 cm³/mol. The lowest BCUT2D eigenvalue weighted by atomic mass is 10.2. The van der Waals surface area contributed by atoms with E-state index in [4.69, 9.17) is 4.52 Å². The molecule has 1 saturated heterocycles. The summed E-state index contributed by atoms with van der Waals surface area (Å²) in [6, 6.07) is 1.34. The Balaban J connectivity index is 1.95. The van der Waals surface area contributed by atoms with Crippen molar-refractivity contribution in [1.82, 2.24) is 10.1 Å². The largest absolute Gasteiger partial charge is 0.360 e. The average molecular weight is 343 g/mol. The summed E-state index contributed by atoms with van der Waals surface area (Å²) in [4.78, 5) is 26.8. The summed E-state index contributed by atoms with van der Waals surface area (Å²) in [5, 5.41) is 3.78. The first-order chi connectivity index (χ1) is 10.7. The van der Waals surface area contributed by atoms with Gasteiger partial charge in [0.05, 0.1) is 11.5 Å². The van der Waals surface area contributed by atoms with Crippen LogP contribution in [-0.2, 0) is 19.4 Å². The fraction of sp³-hybridized carbons (Fsp3) is 0.643. The number of nitrogens with zero attached hydrogens (tertiary/aromatic N) is 3. The molecule has 2 heterocycles. The number of rotatable bonds is 5. The van der Waals surface area contributed by atoms with Crippen LogP contribution >= 0.6 is 0 Å². The first kappa shape index (κ1) is 17.5. The molecular weight excluding hydrogens is 322 g/mol. The molecule has 128 valence electrons. The maximum Gasteiger partial charge on any atom is 0.225 e. The Morgan fingerprint density at radius 1 is 1.43 bits per heavy atom. The van der Waals surface area contributed by atoms with Crippen LogP contribution in [0.1, 0.15) is 25.5 Å². The van der Waals surface area contributed by atoms with Crippen LogP contribution < -0.4 is 4.90 Å². The lowest BCUT2D eigenvalue weighted by Gasteiger charge is -2.25. The molecule has 23 heavy (non-hydrogen) atoms. The van der Waals surface area contributed by atoms with Gasteiger partial charge < -0.3 is 9.42 Å². The van der Waals surface area contributed by atoms with Crippen LogP contribution in [-0.4, -0.2) is 61.4 Å². The minimum Gasteiger partial charge on any atom is -0.360 e. The van der Waals surface area contributed by atoms with Gasteiger partial charge in [-0.15, -0.1) is 0 Å². The van der Waals surface area contributed by atoms with Gasteiger partial charge in [-0.2, -0.15) is 0 Å². The molecule has 2 rings (SSSR count). The number of sulfone groups is 1. The second kappa shape index (κ2) is 6.69. The van der Waals surface area contributed by atoms with Crippen molar-refractivity contribution in [2.45, 2.75) is 32.7 Å². The van der Waals surface area contributed by atoms with Gasteiger partial charge in [0.15, 0.2) is 15.7 Å². The fourth-order valence-corrected chi connectivity index (χ4v) is 4.36. The number of carbonyl (C=O) groups is 2. The van der Waals surface area contributed by atoms with Gasteiger partial charge in [-0.05, 0) is 13.3 Å². The molecule has 0 N–H and O–H groups in total. The maximum atomic E-state index is 12.3. The third-order valence-electron chi connectivity index (χ3n) is 3.97. The van der Waals surface area contributed by atoms with Crippen LogP contribution in [0.2, 0.25) is 0 Å². The third-order valence-corrected chi connectivity index (χ3v) is 5.72. The lowest BCUT2D eigenvalue weighted by molar-refractivity contribution is -0.131. The standard InChI is InChI=1S/C14H21N3O5S/c1-10-8-13(15-22-10)17(11(2)18)6-4-14(19)16(3)12-5-7-23(20,21)9-12/h8,12H,4-7,9H2,1-3H3. The molecule has 1 atom stereocenters. The number of carbonyl (C=O) groups excluding carboxylic acids is 2. The van der Waals surface area contributed by atoms with E-state index in [1.54, 1.807) is 20.0 Å². The second-order valence-electron chi connectivity index (χ2n) is 5.78. The summed E-state index contributed by atoms with van der Waals surface area (Å²) in [5.74, 6) is 0.636. The van der Waals surface area contributed by atoms with Crippen molar-refractivity contribution in [2.75, 3.05) is 30.0 Å². The molecule has 1 fully saturated rings.